The Hall–Kier alpha value is -2.51. The standard InChI is InChI=1S/C21H21Cl2N3O3/c1-26-12-17(18(23)10-21(26)28)16-9-15(24)3-5-20(16)29-19-4-2-14(22)8-13(19)11-25-6-7-27/h2-5,8-10,12,25,27H,6-7,11,24H2,1H3. The molecule has 0 spiro atoms. The second-order valence-corrected chi connectivity index (χ2v) is 7.34. The zero-order valence-electron chi connectivity index (χ0n) is 15.8. The number of benzene rings is 2. The maximum Gasteiger partial charge on any atom is 0.251 e. The van der Waals surface area contributed by atoms with Crippen LogP contribution in [0.25, 0.3) is 11.1 Å². The van der Waals surface area contributed by atoms with Gasteiger partial charge in [-0.25, -0.2) is 0 Å². The van der Waals surface area contributed by atoms with Gasteiger partial charge < -0.3 is 25.5 Å². The van der Waals surface area contributed by atoms with Crippen LogP contribution in [0.15, 0.2) is 53.5 Å². The molecule has 152 valence electrons. The summed E-state index contributed by atoms with van der Waals surface area (Å²) in [7, 11) is 1.65. The van der Waals surface area contributed by atoms with Gasteiger partial charge in [0, 0.05) is 59.8 Å². The highest BCUT2D eigenvalue weighted by Crippen LogP contribution is 2.39. The molecule has 0 aliphatic rings. The van der Waals surface area contributed by atoms with Gasteiger partial charge in [0.15, 0.2) is 0 Å². The Morgan fingerprint density at radius 1 is 1.10 bits per heavy atom. The van der Waals surface area contributed by atoms with Crippen LogP contribution in [-0.2, 0) is 13.6 Å². The van der Waals surface area contributed by atoms with Crippen LogP contribution in [0, 0.1) is 0 Å². The number of hydrogen-bond acceptors (Lipinski definition) is 5. The van der Waals surface area contributed by atoms with E-state index in [4.69, 9.17) is 38.8 Å². The van der Waals surface area contributed by atoms with Gasteiger partial charge in [0.1, 0.15) is 11.5 Å². The molecule has 0 aliphatic heterocycles. The van der Waals surface area contributed by atoms with Crippen LogP contribution < -0.4 is 21.3 Å². The van der Waals surface area contributed by atoms with Crippen molar-refractivity contribution in [1.82, 2.24) is 9.88 Å². The van der Waals surface area contributed by atoms with Crippen molar-refractivity contribution >= 4 is 28.9 Å². The predicted molar refractivity (Wildman–Crippen MR) is 117 cm³/mol. The van der Waals surface area contributed by atoms with Crippen LogP contribution >= 0.6 is 23.2 Å². The Morgan fingerprint density at radius 2 is 1.86 bits per heavy atom. The van der Waals surface area contributed by atoms with E-state index >= 15 is 0 Å². The van der Waals surface area contributed by atoms with E-state index in [0.29, 0.717) is 51.4 Å². The van der Waals surface area contributed by atoms with Crippen molar-refractivity contribution in [3.8, 4) is 22.6 Å². The Kier molecular flexibility index (Phi) is 6.82. The number of nitrogen functional groups attached to an aromatic ring is 1. The summed E-state index contributed by atoms with van der Waals surface area (Å²) in [5, 5.41) is 13.0. The van der Waals surface area contributed by atoms with E-state index in [1.165, 1.54) is 10.6 Å². The Balaban J connectivity index is 2.04. The van der Waals surface area contributed by atoms with Crippen LogP contribution in [0.2, 0.25) is 10.0 Å². The number of aliphatic hydroxyl groups is 1. The second kappa shape index (κ2) is 9.33. The number of halogens is 2. The summed E-state index contributed by atoms with van der Waals surface area (Å²) in [5.41, 5.74) is 8.45. The first-order chi connectivity index (χ1) is 13.9. The first-order valence-electron chi connectivity index (χ1n) is 8.93. The number of aromatic nitrogens is 1. The first kappa shape index (κ1) is 21.2. The van der Waals surface area contributed by atoms with Crippen molar-refractivity contribution in [3.63, 3.8) is 0 Å². The highest BCUT2D eigenvalue weighted by Gasteiger charge is 2.15. The molecule has 6 nitrogen and oxygen atoms in total. The molecule has 1 aromatic heterocycles. The first-order valence-corrected chi connectivity index (χ1v) is 9.68. The van der Waals surface area contributed by atoms with E-state index in [-0.39, 0.29) is 12.2 Å². The average molecular weight is 434 g/mol. The topological polar surface area (TPSA) is 89.5 Å². The normalized spacial score (nSPS) is 10.9. The Morgan fingerprint density at radius 3 is 2.62 bits per heavy atom. The molecule has 2 aromatic carbocycles. The van der Waals surface area contributed by atoms with Gasteiger partial charge in [-0.1, -0.05) is 23.2 Å². The SMILES string of the molecule is Cn1cc(-c2cc(N)ccc2Oc2ccc(Cl)cc2CNCCO)c(Cl)cc1=O. The van der Waals surface area contributed by atoms with E-state index in [2.05, 4.69) is 5.32 Å². The minimum absolute atomic E-state index is 0.0318. The van der Waals surface area contributed by atoms with E-state index in [0.717, 1.165) is 5.56 Å². The summed E-state index contributed by atoms with van der Waals surface area (Å²) >= 11 is 12.5. The van der Waals surface area contributed by atoms with Gasteiger partial charge in [0.25, 0.3) is 5.56 Å². The van der Waals surface area contributed by atoms with Gasteiger partial charge in [-0.05, 0) is 36.4 Å². The number of nitrogens with one attached hydrogen (secondary N) is 1. The molecule has 3 aromatic rings. The fraction of sp³-hybridized carbons (Fsp3) is 0.190. The summed E-state index contributed by atoms with van der Waals surface area (Å²) in [6, 6.07) is 11.9. The van der Waals surface area contributed by atoms with Crippen LogP contribution in [-0.4, -0.2) is 22.8 Å². The molecule has 0 amide bonds. The fourth-order valence-corrected chi connectivity index (χ4v) is 3.30. The smallest absolute Gasteiger partial charge is 0.251 e. The lowest BCUT2D eigenvalue weighted by molar-refractivity contribution is 0.291. The summed E-state index contributed by atoms with van der Waals surface area (Å²) in [6.45, 7) is 0.957. The maximum atomic E-state index is 11.9. The number of rotatable bonds is 7. The molecule has 0 radical (unpaired) electrons. The van der Waals surface area contributed by atoms with Gasteiger partial charge in [0.2, 0.25) is 0 Å². The molecule has 0 atom stereocenters. The lowest BCUT2D eigenvalue weighted by atomic mass is 10.1. The van der Waals surface area contributed by atoms with Crippen molar-refractivity contribution in [2.45, 2.75) is 6.54 Å². The largest absolute Gasteiger partial charge is 0.456 e. The molecule has 0 bridgehead atoms. The second-order valence-electron chi connectivity index (χ2n) is 6.49. The molecular weight excluding hydrogens is 413 g/mol. The molecule has 1 heterocycles. The highest BCUT2D eigenvalue weighted by molar-refractivity contribution is 6.33. The zero-order chi connectivity index (χ0) is 21.0. The molecule has 4 N–H and O–H groups in total. The van der Waals surface area contributed by atoms with Crippen LogP contribution in [0.3, 0.4) is 0 Å². The molecule has 29 heavy (non-hydrogen) atoms. The monoisotopic (exact) mass is 433 g/mol. The summed E-state index contributed by atoms with van der Waals surface area (Å²) in [5.74, 6) is 1.14. The van der Waals surface area contributed by atoms with Crippen molar-refractivity contribution in [3.05, 3.63) is 74.6 Å². The number of ether oxygens (including phenoxy) is 1. The third-order valence-corrected chi connectivity index (χ3v) is 4.87. The van der Waals surface area contributed by atoms with E-state index in [1.54, 1.807) is 49.6 Å². The summed E-state index contributed by atoms with van der Waals surface area (Å²) in [4.78, 5) is 11.9. The predicted octanol–water partition coefficient (Wildman–Crippen LogP) is 3.82. The van der Waals surface area contributed by atoms with E-state index in [1.807, 2.05) is 0 Å². The zero-order valence-corrected chi connectivity index (χ0v) is 17.3. The molecule has 3 rings (SSSR count). The van der Waals surface area contributed by atoms with Gasteiger partial charge >= 0.3 is 0 Å². The average Bonchev–Trinajstić information content (AvgIpc) is 2.68. The maximum absolute atomic E-state index is 11.9. The van der Waals surface area contributed by atoms with Crippen molar-refractivity contribution in [2.24, 2.45) is 7.05 Å². The van der Waals surface area contributed by atoms with Crippen LogP contribution in [0.1, 0.15) is 5.56 Å². The number of aliphatic hydroxyl groups excluding tert-OH is 1. The molecule has 0 fully saturated rings. The van der Waals surface area contributed by atoms with Gasteiger partial charge in [0.05, 0.1) is 11.6 Å². The molecule has 0 saturated heterocycles. The molecule has 0 unspecified atom stereocenters. The minimum Gasteiger partial charge on any atom is -0.456 e. The lowest BCUT2D eigenvalue weighted by Crippen LogP contribution is -2.17. The number of anilines is 1. The third-order valence-electron chi connectivity index (χ3n) is 4.32. The minimum atomic E-state index is -0.208. The number of nitrogens with two attached hydrogens (primary N) is 1. The number of aryl methyl sites for hydroxylation is 1. The molecular formula is C21H21Cl2N3O3. The molecule has 8 heteroatoms. The number of hydrogen-bond donors (Lipinski definition) is 3. The third kappa shape index (κ3) is 5.10. The van der Waals surface area contributed by atoms with Crippen LogP contribution in [0.4, 0.5) is 5.69 Å². The van der Waals surface area contributed by atoms with Crippen LogP contribution in [0.5, 0.6) is 11.5 Å². The van der Waals surface area contributed by atoms with Crippen molar-refractivity contribution in [1.29, 1.82) is 0 Å². The lowest BCUT2D eigenvalue weighted by Gasteiger charge is -2.17. The summed E-state index contributed by atoms with van der Waals surface area (Å²) < 4.78 is 7.64. The Bertz CT molecular complexity index is 1080. The van der Waals surface area contributed by atoms with Crippen molar-refractivity contribution < 1.29 is 9.84 Å². The van der Waals surface area contributed by atoms with Gasteiger partial charge in [-0.2, -0.15) is 0 Å². The van der Waals surface area contributed by atoms with Crippen molar-refractivity contribution in [2.75, 3.05) is 18.9 Å². The van der Waals surface area contributed by atoms with Gasteiger partial charge in [-0.15, -0.1) is 0 Å². The quantitative estimate of drug-likeness (QED) is 0.389. The fourth-order valence-electron chi connectivity index (χ4n) is 2.86. The molecule has 0 saturated carbocycles. The van der Waals surface area contributed by atoms with E-state index < -0.39 is 0 Å². The number of pyridine rings is 1. The summed E-state index contributed by atoms with van der Waals surface area (Å²) in [6.07, 6.45) is 1.65. The van der Waals surface area contributed by atoms with Gasteiger partial charge in [-0.3, -0.25) is 4.79 Å². The molecule has 0 aliphatic carbocycles. The highest BCUT2D eigenvalue weighted by atomic mass is 35.5. The Labute approximate surface area is 178 Å². The van der Waals surface area contributed by atoms with E-state index in [9.17, 15) is 4.79 Å². The number of nitrogens with zero attached hydrogens (tertiary/aromatic N) is 1.